The molecule has 24 heavy (non-hydrogen) atoms. The Bertz CT molecular complexity index is 706. The van der Waals surface area contributed by atoms with Gasteiger partial charge in [-0.3, -0.25) is 14.5 Å². The molecule has 0 spiro atoms. The lowest BCUT2D eigenvalue weighted by Crippen LogP contribution is -2.48. The van der Waals surface area contributed by atoms with Crippen molar-refractivity contribution in [1.82, 2.24) is 19.6 Å². The molecule has 1 aromatic carbocycles. The largest absolute Gasteiger partial charge is 0.480 e. The fraction of sp³-hybridized carbons (Fsp3) is 0.353. The van der Waals surface area contributed by atoms with E-state index in [1.54, 1.807) is 11.0 Å². The summed E-state index contributed by atoms with van der Waals surface area (Å²) in [5.74, 6) is -1.17. The number of carboxylic acid groups (broad SMARTS) is 1. The van der Waals surface area contributed by atoms with E-state index < -0.39 is 5.97 Å². The second kappa shape index (κ2) is 7.27. The Morgan fingerprint density at radius 2 is 1.75 bits per heavy atom. The lowest BCUT2D eigenvalue weighted by molar-refractivity contribution is -0.137. The Labute approximate surface area is 140 Å². The van der Waals surface area contributed by atoms with Gasteiger partial charge in [0.25, 0.3) is 5.91 Å². The highest BCUT2D eigenvalue weighted by Crippen LogP contribution is 2.11. The molecule has 126 valence electrons. The molecule has 1 amide bonds. The van der Waals surface area contributed by atoms with Gasteiger partial charge in [0, 0.05) is 38.9 Å². The first-order chi connectivity index (χ1) is 11.6. The molecule has 1 fully saturated rings. The quantitative estimate of drug-likeness (QED) is 0.883. The molecular weight excluding hydrogens is 308 g/mol. The highest BCUT2D eigenvalue weighted by Gasteiger charge is 2.24. The molecule has 1 saturated heterocycles. The van der Waals surface area contributed by atoms with Crippen molar-refractivity contribution in [3.63, 3.8) is 0 Å². The summed E-state index contributed by atoms with van der Waals surface area (Å²) in [6, 6.07) is 11.8. The summed E-state index contributed by atoms with van der Waals surface area (Å²) in [5, 5.41) is 12.8. The van der Waals surface area contributed by atoms with E-state index in [-0.39, 0.29) is 12.5 Å². The fourth-order valence-electron chi connectivity index (χ4n) is 2.88. The van der Waals surface area contributed by atoms with Gasteiger partial charge in [-0.05, 0) is 11.6 Å². The fourth-order valence-corrected chi connectivity index (χ4v) is 2.88. The van der Waals surface area contributed by atoms with Crippen LogP contribution in [-0.4, -0.2) is 62.7 Å². The predicted octanol–water partition coefficient (Wildman–Crippen LogP) is 0.926. The van der Waals surface area contributed by atoms with Crippen molar-refractivity contribution in [2.24, 2.45) is 0 Å². The van der Waals surface area contributed by atoms with E-state index in [0.29, 0.717) is 18.8 Å². The molecule has 2 aromatic rings. The molecule has 0 bridgehead atoms. The third kappa shape index (κ3) is 3.80. The molecule has 0 radical (unpaired) electrons. The average molecular weight is 328 g/mol. The number of rotatable bonds is 5. The van der Waals surface area contributed by atoms with E-state index in [2.05, 4.69) is 22.1 Å². The van der Waals surface area contributed by atoms with E-state index in [0.717, 1.165) is 19.6 Å². The van der Waals surface area contributed by atoms with Crippen molar-refractivity contribution in [3.05, 3.63) is 53.9 Å². The molecule has 7 nitrogen and oxygen atoms in total. The van der Waals surface area contributed by atoms with E-state index in [9.17, 15) is 9.59 Å². The zero-order valence-corrected chi connectivity index (χ0v) is 13.3. The molecule has 0 unspecified atom stereocenters. The van der Waals surface area contributed by atoms with Crippen LogP contribution in [0.25, 0.3) is 0 Å². The smallest absolute Gasteiger partial charge is 0.325 e. The summed E-state index contributed by atoms with van der Waals surface area (Å²) in [7, 11) is 0. The van der Waals surface area contributed by atoms with Crippen molar-refractivity contribution < 1.29 is 14.7 Å². The Kier molecular flexibility index (Phi) is 4.90. The Morgan fingerprint density at radius 1 is 1.04 bits per heavy atom. The maximum absolute atomic E-state index is 12.6. The number of carboxylic acids is 1. The monoisotopic (exact) mass is 328 g/mol. The predicted molar refractivity (Wildman–Crippen MR) is 87.5 cm³/mol. The van der Waals surface area contributed by atoms with Crippen LogP contribution >= 0.6 is 0 Å². The molecule has 1 N–H and O–H groups in total. The number of carbonyl (C=O) groups excluding carboxylic acids is 1. The maximum Gasteiger partial charge on any atom is 0.325 e. The van der Waals surface area contributed by atoms with Gasteiger partial charge in [0.1, 0.15) is 12.2 Å². The zero-order chi connectivity index (χ0) is 16.9. The van der Waals surface area contributed by atoms with Crippen molar-refractivity contribution in [2.45, 2.75) is 13.1 Å². The van der Waals surface area contributed by atoms with E-state index in [4.69, 9.17) is 5.11 Å². The summed E-state index contributed by atoms with van der Waals surface area (Å²) in [6.07, 6.45) is 1.46. The van der Waals surface area contributed by atoms with Crippen molar-refractivity contribution in [1.29, 1.82) is 0 Å². The van der Waals surface area contributed by atoms with Crippen molar-refractivity contribution in [3.8, 4) is 0 Å². The van der Waals surface area contributed by atoms with E-state index in [1.165, 1.54) is 16.4 Å². The van der Waals surface area contributed by atoms with Gasteiger partial charge in [0.05, 0.1) is 0 Å². The van der Waals surface area contributed by atoms with Gasteiger partial charge < -0.3 is 10.0 Å². The van der Waals surface area contributed by atoms with Crippen LogP contribution < -0.4 is 0 Å². The maximum atomic E-state index is 12.6. The number of nitrogens with zero attached hydrogens (tertiary/aromatic N) is 4. The first kappa shape index (κ1) is 16.2. The normalized spacial score (nSPS) is 15.4. The van der Waals surface area contributed by atoms with E-state index >= 15 is 0 Å². The highest BCUT2D eigenvalue weighted by atomic mass is 16.4. The summed E-state index contributed by atoms with van der Waals surface area (Å²) < 4.78 is 1.24. The van der Waals surface area contributed by atoms with Crippen LogP contribution in [-0.2, 0) is 17.9 Å². The van der Waals surface area contributed by atoms with Gasteiger partial charge in [0.15, 0.2) is 0 Å². The van der Waals surface area contributed by atoms with Gasteiger partial charge in [0.2, 0.25) is 0 Å². The van der Waals surface area contributed by atoms with Gasteiger partial charge in [-0.1, -0.05) is 30.3 Å². The minimum atomic E-state index is -1.01. The van der Waals surface area contributed by atoms with Crippen LogP contribution in [0.4, 0.5) is 0 Å². The lowest BCUT2D eigenvalue weighted by atomic mass is 10.2. The number of hydrogen-bond acceptors (Lipinski definition) is 4. The molecule has 0 atom stereocenters. The van der Waals surface area contributed by atoms with Gasteiger partial charge in [-0.15, -0.1) is 0 Å². The Hall–Kier alpha value is -2.67. The summed E-state index contributed by atoms with van der Waals surface area (Å²) >= 11 is 0. The molecule has 1 aromatic heterocycles. The molecule has 0 saturated carbocycles. The minimum Gasteiger partial charge on any atom is -0.480 e. The van der Waals surface area contributed by atoms with Crippen LogP contribution in [0.15, 0.2) is 42.6 Å². The molecule has 2 heterocycles. The second-order valence-electron chi connectivity index (χ2n) is 5.82. The summed E-state index contributed by atoms with van der Waals surface area (Å²) in [6.45, 7) is 3.43. The summed E-state index contributed by atoms with van der Waals surface area (Å²) in [4.78, 5) is 27.5. The second-order valence-corrected chi connectivity index (χ2v) is 5.82. The van der Waals surface area contributed by atoms with Crippen molar-refractivity contribution >= 4 is 11.9 Å². The van der Waals surface area contributed by atoms with Gasteiger partial charge in [-0.2, -0.15) is 5.10 Å². The number of carbonyl (C=O) groups is 2. The number of amides is 1. The molecule has 7 heteroatoms. The molecule has 3 rings (SSSR count). The van der Waals surface area contributed by atoms with Crippen LogP contribution in [0.3, 0.4) is 0 Å². The number of hydrogen-bond donors (Lipinski definition) is 1. The van der Waals surface area contributed by atoms with Gasteiger partial charge in [-0.25, -0.2) is 4.68 Å². The highest BCUT2D eigenvalue weighted by molar-refractivity contribution is 5.93. The molecule has 0 aliphatic carbocycles. The zero-order valence-electron chi connectivity index (χ0n) is 13.3. The standard InChI is InChI=1S/C17H20N4O3/c22-16(23)13-21-15(6-7-18-21)17(24)20-10-8-19(9-11-20)12-14-4-2-1-3-5-14/h1-7H,8-13H2,(H,22,23). The molecule has 1 aliphatic heterocycles. The average Bonchev–Trinajstić information content (AvgIpc) is 3.03. The first-order valence-electron chi connectivity index (χ1n) is 7.92. The Balaban J connectivity index is 1.57. The number of aromatic nitrogens is 2. The van der Waals surface area contributed by atoms with Crippen LogP contribution in [0.1, 0.15) is 16.1 Å². The minimum absolute atomic E-state index is 0.159. The molecular formula is C17H20N4O3. The third-order valence-electron chi connectivity index (χ3n) is 4.13. The van der Waals surface area contributed by atoms with Crippen LogP contribution in [0, 0.1) is 0 Å². The van der Waals surface area contributed by atoms with E-state index in [1.807, 2.05) is 18.2 Å². The lowest BCUT2D eigenvalue weighted by Gasteiger charge is -2.34. The molecule has 1 aliphatic rings. The summed E-state index contributed by atoms with van der Waals surface area (Å²) in [5.41, 5.74) is 1.59. The number of benzene rings is 1. The topological polar surface area (TPSA) is 78.7 Å². The van der Waals surface area contributed by atoms with Crippen LogP contribution in [0.5, 0.6) is 0 Å². The SMILES string of the molecule is O=C(O)Cn1nccc1C(=O)N1CCN(Cc2ccccc2)CC1. The first-order valence-corrected chi connectivity index (χ1v) is 7.92. The Morgan fingerprint density at radius 3 is 2.42 bits per heavy atom. The number of aliphatic carboxylic acids is 1. The number of piperazine rings is 1. The van der Waals surface area contributed by atoms with Crippen molar-refractivity contribution in [2.75, 3.05) is 26.2 Å². The third-order valence-corrected chi connectivity index (χ3v) is 4.13. The van der Waals surface area contributed by atoms with Gasteiger partial charge >= 0.3 is 5.97 Å². The van der Waals surface area contributed by atoms with Crippen LogP contribution in [0.2, 0.25) is 0 Å².